The average molecular weight is 558 g/mol. The number of anilines is 3. The number of nitro benzene ring substituents is 1. The van der Waals surface area contributed by atoms with Gasteiger partial charge in [0.2, 0.25) is 0 Å². The van der Waals surface area contributed by atoms with E-state index in [2.05, 4.69) is 5.32 Å². The predicted octanol–water partition coefficient (Wildman–Crippen LogP) is 2.75. The van der Waals surface area contributed by atoms with Crippen molar-refractivity contribution in [2.75, 3.05) is 67.3 Å². The molecule has 2 aromatic rings. The molecule has 0 spiro atoms. The molecule has 0 saturated carbocycles. The van der Waals surface area contributed by atoms with Gasteiger partial charge in [-0.05, 0) is 48.6 Å². The van der Waals surface area contributed by atoms with E-state index in [0.717, 1.165) is 0 Å². The summed E-state index contributed by atoms with van der Waals surface area (Å²) in [5, 5.41) is 15.1. The van der Waals surface area contributed by atoms with E-state index < -0.39 is 16.7 Å². The minimum Gasteiger partial charge on any atom is -0.378 e. The SMILES string of the molecule is O=C1NC(=S)N(c2ccc(Cl)cc2)C(=O)/C1=C/c1cc([N+](=O)[O-])c(N2CCOCC2)cc1N1CCOCC1. The number of halogens is 1. The van der Waals surface area contributed by atoms with Gasteiger partial charge in [-0.15, -0.1) is 0 Å². The number of nitrogens with one attached hydrogen (secondary N) is 1. The summed E-state index contributed by atoms with van der Waals surface area (Å²) in [7, 11) is 0. The van der Waals surface area contributed by atoms with Gasteiger partial charge in [-0.1, -0.05) is 11.6 Å². The van der Waals surface area contributed by atoms with Gasteiger partial charge in [0.1, 0.15) is 11.3 Å². The van der Waals surface area contributed by atoms with Gasteiger partial charge in [0.05, 0.1) is 37.0 Å². The van der Waals surface area contributed by atoms with Crippen molar-refractivity contribution in [3.05, 3.63) is 62.7 Å². The molecule has 0 aromatic heterocycles. The number of nitrogens with zero attached hydrogens (tertiary/aromatic N) is 4. The van der Waals surface area contributed by atoms with Gasteiger partial charge in [0.25, 0.3) is 17.5 Å². The van der Waals surface area contributed by atoms with Crippen molar-refractivity contribution < 1.29 is 24.0 Å². The minimum atomic E-state index is -0.682. The van der Waals surface area contributed by atoms with Crippen LogP contribution in [0.2, 0.25) is 5.02 Å². The van der Waals surface area contributed by atoms with Crippen LogP contribution in [0.1, 0.15) is 5.56 Å². The number of nitro groups is 1. The summed E-state index contributed by atoms with van der Waals surface area (Å²) in [6.07, 6.45) is 1.39. The molecule has 0 unspecified atom stereocenters. The zero-order chi connectivity index (χ0) is 26.8. The van der Waals surface area contributed by atoms with Crippen LogP contribution in [0.5, 0.6) is 0 Å². The number of benzene rings is 2. The molecule has 3 saturated heterocycles. The normalized spacial score (nSPS) is 19.7. The molecule has 0 atom stereocenters. The molecule has 0 bridgehead atoms. The third-order valence-electron chi connectivity index (χ3n) is 6.51. The lowest BCUT2D eigenvalue weighted by Crippen LogP contribution is -2.54. The highest BCUT2D eigenvalue weighted by molar-refractivity contribution is 7.80. The van der Waals surface area contributed by atoms with Crippen molar-refractivity contribution in [1.82, 2.24) is 5.32 Å². The fourth-order valence-corrected chi connectivity index (χ4v) is 5.02. The largest absolute Gasteiger partial charge is 0.378 e. The zero-order valence-electron chi connectivity index (χ0n) is 20.2. The second-order valence-corrected chi connectivity index (χ2v) is 9.61. The van der Waals surface area contributed by atoms with E-state index >= 15 is 0 Å². The number of rotatable bonds is 5. The second-order valence-electron chi connectivity index (χ2n) is 8.79. The average Bonchev–Trinajstić information content (AvgIpc) is 2.92. The molecule has 5 rings (SSSR count). The Kier molecular flexibility index (Phi) is 7.56. The Morgan fingerprint density at radius 2 is 1.53 bits per heavy atom. The summed E-state index contributed by atoms with van der Waals surface area (Å²) < 4.78 is 10.9. The Hall–Kier alpha value is -3.58. The Balaban J connectivity index is 1.62. The summed E-state index contributed by atoms with van der Waals surface area (Å²) in [5.74, 6) is -1.33. The first-order chi connectivity index (χ1) is 18.3. The van der Waals surface area contributed by atoms with Crippen LogP contribution in [0.15, 0.2) is 42.0 Å². The van der Waals surface area contributed by atoms with Gasteiger partial charge in [-0.25, -0.2) is 0 Å². The first kappa shape index (κ1) is 26.0. The summed E-state index contributed by atoms with van der Waals surface area (Å²) in [6.45, 7) is 4.03. The second kappa shape index (κ2) is 11.0. The van der Waals surface area contributed by atoms with Crippen LogP contribution >= 0.6 is 23.8 Å². The fraction of sp³-hybridized carbons (Fsp3) is 0.320. The molecular weight excluding hydrogens is 534 g/mol. The number of amides is 2. The molecule has 3 fully saturated rings. The molecule has 11 nitrogen and oxygen atoms in total. The summed E-state index contributed by atoms with van der Waals surface area (Å²) in [4.78, 5) is 43.3. The van der Waals surface area contributed by atoms with Crippen LogP contribution in [0.3, 0.4) is 0 Å². The minimum absolute atomic E-state index is 0.0680. The zero-order valence-corrected chi connectivity index (χ0v) is 21.8. The molecular formula is C25H24ClN5O6S. The number of hydrogen-bond acceptors (Lipinski definition) is 9. The number of carbonyl (C=O) groups is 2. The fourth-order valence-electron chi connectivity index (χ4n) is 4.62. The molecule has 3 heterocycles. The Morgan fingerprint density at radius 3 is 2.11 bits per heavy atom. The Morgan fingerprint density at radius 1 is 0.947 bits per heavy atom. The lowest BCUT2D eigenvalue weighted by Gasteiger charge is -2.33. The van der Waals surface area contributed by atoms with Crippen molar-refractivity contribution in [2.24, 2.45) is 0 Å². The first-order valence-electron chi connectivity index (χ1n) is 12.0. The van der Waals surface area contributed by atoms with E-state index in [0.29, 0.717) is 80.3 Å². The highest BCUT2D eigenvalue weighted by Crippen LogP contribution is 2.38. The molecule has 0 aliphatic carbocycles. The maximum atomic E-state index is 13.5. The van der Waals surface area contributed by atoms with Gasteiger partial charge in [0.15, 0.2) is 5.11 Å². The standard InChI is InChI=1S/C25H24ClN5O6S/c26-17-1-3-18(4-2-17)30-24(33)19(23(32)27-25(30)38)13-16-14-22(31(34)35)21(29-7-11-37-12-8-29)15-20(16)28-5-9-36-10-6-28/h1-4,13-15H,5-12H2,(H,27,32,38)/b19-13+. The summed E-state index contributed by atoms with van der Waals surface area (Å²) in [5.41, 5.74) is 1.61. The lowest BCUT2D eigenvalue weighted by molar-refractivity contribution is -0.384. The third kappa shape index (κ3) is 5.20. The van der Waals surface area contributed by atoms with Gasteiger partial charge >= 0.3 is 0 Å². The topological polar surface area (TPSA) is 117 Å². The third-order valence-corrected chi connectivity index (χ3v) is 7.05. The quantitative estimate of drug-likeness (QED) is 0.195. The van der Waals surface area contributed by atoms with Crippen LogP contribution in [-0.4, -0.2) is 74.5 Å². The highest BCUT2D eigenvalue weighted by atomic mass is 35.5. The molecule has 3 aliphatic heterocycles. The van der Waals surface area contributed by atoms with E-state index in [1.165, 1.54) is 17.0 Å². The number of carbonyl (C=O) groups excluding carboxylic acids is 2. The van der Waals surface area contributed by atoms with Crippen molar-refractivity contribution in [3.8, 4) is 0 Å². The van der Waals surface area contributed by atoms with Crippen molar-refractivity contribution in [2.45, 2.75) is 0 Å². The van der Waals surface area contributed by atoms with E-state index in [4.69, 9.17) is 33.3 Å². The van der Waals surface area contributed by atoms with E-state index in [1.807, 2.05) is 9.80 Å². The van der Waals surface area contributed by atoms with Crippen LogP contribution < -0.4 is 20.0 Å². The van der Waals surface area contributed by atoms with Crippen molar-refractivity contribution in [1.29, 1.82) is 0 Å². The maximum Gasteiger partial charge on any atom is 0.293 e. The van der Waals surface area contributed by atoms with Gasteiger partial charge in [-0.2, -0.15) is 0 Å². The monoisotopic (exact) mass is 557 g/mol. The predicted molar refractivity (Wildman–Crippen MR) is 147 cm³/mol. The molecule has 1 N–H and O–H groups in total. The van der Waals surface area contributed by atoms with Crippen LogP contribution in [0.4, 0.5) is 22.7 Å². The van der Waals surface area contributed by atoms with E-state index in [1.54, 1.807) is 30.3 Å². The number of morpholine rings is 2. The van der Waals surface area contributed by atoms with Gasteiger partial charge < -0.3 is 19.3 Å². The molecule has 3 aliphatic rings. The molecule has 2 amide bonds. The van der Waals surface area contributed by atoms with Crippen LogP contribution in [0.25, 0.3) is 6.08 Å². The molecule has 2 aromatic carbocycles. The Bertz CT molecular complexity index is 1320. The van der Waals surface area contributed by atoms with E-state index in [9.17, 15) is 19.7 Å². The number of thiocarbonyl (C=S) groups is 1. The summed E-state index contributed by atoms with van der Waals surface area (Å²) in [6, 6.07) is 9.62. The highest BCUT2D eigenvalue weighted by Gasteiger charge is 2.35. The van der Waals surface area contributed by atoms with Crippen LogP contribution in [-0.2, 0) is 19.1 Å². The smallest absolute Gasteiger partial charge is 0.293 e. The van der Waals surface area contributed by atoms with Crippen LogP contribution in [0, 0.1) is 10.1 Å². The molecule has 38 heavy (non-hydrogen) atoms. The number of ether oxygens (including phenoxy) is 2. The van der Waals surface area contributed by atoms with E-state index in [-0.39, 0.29) is 16.4 Å². The van der Waals surface area contributed by atoms with Gasteiger partial charge in [-0.3, -0.25) is 29.9 Å². The Labute approximate surface area is 228 Å². The summed E-state index contributed by atoms with van der Waals surface area (Å²) >= 11 is 11.3. The van der Waals surface area contributed by atoms with Crippen molar-refractivity contribution >= 4 is 69.6 Å². The molecule has 13 heteroatoms. The number of hydrogen-bond donors (Lipinski definition) is 1. The molecule has 0 radical (unpaired) electrons. The molecule has 198 valence electrons. The first-order valence-corrected chi connectivity index (χ1v) is 12.8. The lowest BCUT2D eigenvalue weighted by atomic mass is 10.0. The maximum absolute atomic E-state index is 13.5. The van der Waals surface area contributed by atoms with Crippen molar-refractivity contribution in [3.63, 3.8) is 0 Å². The van der Waals surface area contributed by atoms with Gasteiger partial charge in [0, 0.05) is 48.5 Å².